The van der Waals surface area contributed by atoms with Crippen LogP contribution in [0.1, 0.15) is 36.6 Å². The first kappa shape index (κ1) is 22.3. The number of carbonyl (C=O) groups is 2. The maximum absolute atomic E-state index is 12.9. The van der Waals surface area contributed by atoms with E-state index in [9.17, 15) is 18.0 Å². The monoisotopic (exact) mass is 467 g/mol. The number of furan rings is 1. The molecule has 4 rings (SSSR count). The second-order valence-corrected chi connectivity index (χ2v) is 9.06. The Morgan fingerprint density at radius 1 is 1.03 bits per heavy atom. The number of para-hydroxylation sites is 1. The Labute approximate surface area is 190 Å². The lowest BCUT2D eigenvalue weighted by atomic mass is 9.99. The van der Waals surface area contributed by atoms with Crippen LogP contribution >= 0.6 is 0 Å². The van der Waals surface area contributed by atoms with E-state index >= 15 is 0 Å². The highest BCUT2D eigenvalue weighted by atomic mass is 32.2. The predicted octanol–water partition coefficient (Wildman–Crippen LogP) is 3.62. The Morgan fingerprint density at radius 2 is 1.76 bits per heavy atom. The predicted molar refractivity (Wildman–Crippen MR) is 120 cm³/mol. The zero-order valence-electron chi connectivity index (χ0n) is 17.4. The van der Waals surface area contributed by atoms with E-state index in [0.717, 1.165) is 0 Å². The van der Waals surface area contributed by atoms with Crippen LogP contribution in [0.15, 0.2) is 87.4 Å². The number of aliphatic carboxylic acids is 1. The second kappa shape index (κ2) is 9.29. The Bertz CT molecular complexity index is 1290. The molecule has 9 nitrogen and oxygen atoms in total. The normalized spacial score (nSPS) is 15.8. The third-order valence-corrected chi connectivity index (χ3v) is 6.52. The minimum atomic E-state index is -3.87. The first-order chi connectivity index (χ1) is 15.8. The van der Waals surface area contributed by atoms with Gasteiger partial charge in [-0.3, -0.25) is 14.3 Å². The molecule has 1 aliphatic rings. The molecule has 1 aromatic heterocycles. The number of nitrogens with one attached hydrogen (secondary N) is 1. The second-order valence-electron chi connectivity index (χ2n) is 7.38. The molecule has 1 atom stereocenters. The van der Waals surface area contributed by atoms with Crippen LogP contribution < -0.4 is 4.72 Å². The van der Waals surface area contributed by atoms with Gasteiger partial charge in [0.15, 0.2) is 0 Å². The molecule has 2 N–H and O–H groups in total. The number of hydrazone groups is 1. The molecule has 0 saturated carbocycles. The molecule has 2 heterocycles. The van der Waals surface area contributed by atoms with E-state index in [1.807, 2.05) is 0 Å². The molecule has 0 radical (unpaired) electrons. The van der Waals surface area contributed by atoms with Crippen LogP contribution in [0.25, 0.3) is 0 Å². The highest BCUT2D eigenvalue weighted by Crippen LogP contribution is 2.37. The molecule has 2 aromatic carbocycles. The molecule has 0 spiro atoms. The van der Waals surface area contributed by atoms with Crippen molar-refractivity contribution in [2.24, 2.45) is 5.10 Å². The van der Waals surface area contributed by atoms with Gasteiger partial charge < -0.3 is 9.52 Å². The number of carboxylic acids is 1. The number of hydrogen-bond donors (Lipinski definition) is 2. The van der Waals surface area contributed by atoms with Crippen molar-refractivity contribution in [1.82, 2.24) is 5.01 Å². The number of benzene rings is 2. The molecule has 10 heteroatoms. The largest absolute Gasteiger partial charge is 0.481 e. The van der Waals surface area contributed by atoms with E-state index in [1.54, 1.807) is 54.6 Å². The fourth-order valence-electron chi connectivity index (χ4n) is 3.59. The summed E-state index contributed by atoms with van der Waals surface area (Å²) in [6, 6.07) is 17.5. The van der Waals surface area contributed by atoms with Crippen molar-refractivity contribution < 1.29 is 27.5 Å². The Kier molecular flexibility index (Phi) is 6.27. The van der Waals surface area contributed by atoms with E-state index in [-0.39, 0.29) is 24.2 Å². The molecule has 1 amide bonds. The average molecular weight is 468 g/mol. The minimum Gasteiger partial charge on any atom is -0.481 e. The smallest absolute Gasteiger partial charge is 0.303 e. The van der Waals surface area contributed by atoms with E-state index in [2.05, 4.69) is 9.82 Å². The van der Waals surface area contributed by atoms with Gasteiger partial charge in [0.05, 0.1) is 29.3 Å². The van der Waals surface area contributed by atoms with Gasteiger partial charge in [0.25, 0.3) is 10.0 Å². The molecule has 3 aromatic rings. The fraction of sp³-hybridized carbons (Fsp3) is 0.174. The summed E-state index contributed by atoms with van der Waals surface area (Å²) in [5.74, 6) is -1.09. The van der Waals surface area contributed by atoms with E-state index in [0.29, 0.717) is 22.7 Å². The molecule has 0 aliphatic carbocycles. The van der Waals surface area contributed by atoms with Crippen molar-refractivity contribution >= 4 is 33.3 Å². The number of sulfonamides is 1. The van der Waals surface area contributed by atoms with Crippen LogP contribution in [0.2, 0.25) is 0 Å². The highest BCUT2D eigenvalue weighted by Gasteiger charge is 2.35. The van der Waals surface area contributed by atoms with Crippen LogP contribution in [0.3, 0.4) is 0 Å². The quantitative estimate of drug-likeness (QED) is 0.520. The Morgan fingerprint density at radius 3 is 2.45 bits per heavy atom. The number of amides is 1. The summed E-state index contributed by atoms with van der Waals surface area (Å²) >= 11 is 0. The van der Waals surface area contributed by atoms with Crippen molar-refractivity contribution in [2.45, 2.75) is 30.2 Å². The van der Waals surface area contributed by atoms with Crippen LogP contribution in [0, 0.1) is 0 Å². The maximum atomic E-state index is 12.9. The lowest BCUT2D eigenvalue weighted by Crippen LogP contribution is -2.28. The minimum absolute atomic E-state index is 0.105. The standard InChI is InChI=1S/C23H21N3O6S/c27-22(12-13-23(28)29)26-20(15-19(24-26)21-11-6-14-32-21)17-9-4-5-10-18(17)25-33(30,31)16-7-2-1-3-8-16/h1-11,14,20,25H,12-13,15H2,(H,28,29). The van der Waals surface area contributed by atoms with Crippen LogP contribution in [-0.2, 0) is 19.6 Å². The van der Waals surface area contributed by atoms with Gasteiger partial charge in [-0.15, -0.1) is 0 Å². The first-order valence-corrected chi connectivity index (χ1v) is 11.7. The van der Waals surface area contributed by atoms with E-state index in [4.69, 9.17) is 9.52 Å². The van der Waals surface area contributed by atoms with Crippen molar-refractivity contribution in [3.63, 3.8) is 0 Å². The molecule has 0 fully saturated rings. The van der Waals surface area contributed by atoms with Crippen molar-refractivity contribution in [3.05, 3.63) is 84.3 Å². The summed E-state index contributed by atoms with van der Waals surface area (Å²) in [5.41, 5.74) is 1.35. The molecule has 1 unspecified atom stereocenters. The first-order valence-electron chi connectivity index (χ1n) is 10.2. The summed E-state index contributed by atoms with van der Waals surface area (Å²) in [5, 5.41) is 14.6. The van der Waals surface area contributed by atoms with Crippen LogP contribution in [0.5, 0.6) is 0 Å². The van der Waals surface area contributed by atoms with Gasteiger partial charge in [0, 0.05) is 18.4 Å². The van der Waals surface area contributed by atoms with Gasteiger partial charge in [-0.25, -0.2) is 13.4 Å². The molecule has 1 aliphatic heterocycles. The molecular weight excluding hydrogens is 446 g/mol. The Balaban J connectivity index is 1.68. The van der Waals surface area contributed by atoms with Gasteiger partial charge in [0.1, 0.15) is 11.5 Å². The van der Waals surface area contributed by atoms with Gasteiger partial charge in [-0.1, -0.05) is 36.4 Å². The van der Waals surface area contributed by atoms with Gasteiger partial charge in [0.2, 0.25) is 5.91 Å². The van der Waals surface area contributed by atoms with Crippen molar-refractivity contribution in [3.8, 4) is 0 Å². The van der Waals surface area contributed by atoms with Crippen molar-refractivity contribution in [2.75, 3.05) is 4.72 Å². The van der Waals surface area contributed by atoms with Crippen molar-refractivity contribution in [1.29, 1.82) is 0 Å². The van der Waals surface area contributed by atoms with Gasteiger partial charge >= 0.3 is 5.97 Å². The summed E-state index contributed by atoms with van der Waals surface area (Å²) in [6.07, 6.45) is 1.19. The number of rotatable bonds is 8. The SMILES string of the molecule is O=C(O)CCC(=O)N1N=C(c2ccco2)CC1c1ccccc1NS(=O)(=O)c1ccccc1. The molecular formula is C23H21N3O6S. The third kappa shape index (κ3) is 4.96. The van der Waals surface area contributed by atoms with Crippen LogP contribution in [-0.4, -0.2) is 36.1 Å². The van der Waals surface area contributed by atoms with E-state index in [1.165, 1.54) is 23.4 Å². The summed E-state index contributed by atoms with van der Waals surface area (Å²) < 4.78 is 33.9. The molecule has 0 bridgehead atoms. The Hall–Kier alpha value is -3.92. The summed E-state index contributed by atoms with van der Waals surface area (Å²) in [6.45, 7) is 0. The number of carboxylic acid groups (broad SMARTS) is 1. The maximum Gasteiger partial charge on any atom is 0.303 e. The number of nitrogens with zero attached hydrogens (tertiary/aromatic N) is 2. The highest BCUT2D eigenvalue weighted by molar-refractivity contribution is 7.92. The molecule has 33 heavy (non-hydrogen) atoms. The molecule has 0 saturated heterocycles. The van der Waals surface area contributed by atoms with Crippen LogP contribution in [0.4, 0.5) is 5.69 Å². The lowest BCUT2D eigenvalue weighted by Gasteiger charge is -2.24. The zero-order chi connectivity index (χ0) is 23.4. The topological polar surface area (TPSA) is 129 Å². The summed E-state index contributed by atoms with van der Waals surface area (Å²) in [7, 11) is -3.87. The fourth-order valence-corrected chi connectivity index (χ4v) is 4.70. The van der Waals surface area contributed by atoms with Gasteiger partial charge in [-0.05, 0) is 30.3 Å². The molecule has 170 valence electrons. The number of hydrogen-bond acceptors (Lipinski definition) is 6. The summed E-state index contributed by atoms with van der Waals surface area (Å²) in [4.78, 5) is 23.9. The number of carbonyl (C=O) groups excluding carboxylic acids is 1. The number of anilines is 1. The average Bonchev–Trinajstić information content (AvgIpc) is 3.48. The zero-order valence-corrected chi connectivity index (χ0v) is 18.2. The third-order valence-electron chi connectivity index (χ3n) is 5.14. The van der Waals surface area contributed by atoms with E-state index < -0.39 is 27.9 Å². The lowest BCUT2D eigenvalue weighted by molar-refractivity contribution is -0.141. The van der Waals surface area contributed by atoms with Gasteiger partial charge in [-0.2, -0.15) is 5.10 Å².